The van der Waals surface area contributed by atoms with Crippen LogP contribution in [0.2, 0.25) is 0 Å². The van der Waals surface area contributed by atoms with Gasteiger partial charge in [-0.1, -0.05) is 18.2 Å². The smallest absolute Gasteiger partial charge is 0.243 e. The average molecular weight is 409 g/mol. The summed E-state index contributed by atoms with van der Waals surface area (Å²) in [5, 5.41) is 7.57. The van der Waals surface area contributed by atoms with Crippen LogP contribution in [0.4, 0.5) is 18.9 Å². The van der Waals surface area contributed by atoms with Gasteiger partial charge in [-0.3, -0.25) is 14.9 Å². The molecule has 0 aromatic heterocycles. The normalized spacial score (nSPS) is 12.8. The lowest BCUT2D eigenvalue weighted by Gasteiger charge is -2.21. The number of carbonyl (C=O) groups excluding carboxylic acids is 2. The van der Waals surface area contributed by atoms with E-state index < -0.39 is 47.5 Å². The number of hydrogen-bond donors (Lipinski definition) is 3. The van der Waals surface area contributed by atoms with Gasteiger partial charge in [-0.2, -0.15) is 0 Å². The lowest BCUT2D eigenvalue weighted by Crippen LogP contribution is -2.45. The third kappa shape index (κ3) is 5.71. The molecule has 0 radical (unpaired) electrons. The van der Waals surface area contributed by atoms with Gasteiger partial charge in [0.25, 0.3) is 0 Å². The van der Waals surface area contributed by atoms with Crippen LogP contribution in [0.25, 0.3) is 0 Å². The highest BCUT2D eigenvalue weighted by Gasteiger charge is 2.20. The van der Waals surface area contributed by atoms with Crippen molar-refractivity contribution >= 4 is 17.5 Å². The first-order valence-corrected chi connectivity index (χ1v) is 8.84. The molecule has 6 nitrogen and oxygen atoms in total. The predicted molar refractivity (Wildman–Crippen MR) is 102 cm³/mol. The van der Waals surface area contributed by atoms with Crippen LogP contribution in [-0.4, -0.2) is 31.5 Å². The number of rotatable bonds is 8. The van der Waals surface area contributed by atoms with Gasteiger partial charge in [0.05, 0.1) is 25.4 Å². The zero-order valence-corrected chi connectivity index (χ0v) is 16.2. The molecule has 2 aromatic rings. The molecule has 3 N–H and O–H groups in total. The van der Waals surface area contributed by atoms with Gasteiger partial charge < -0.3 is 15.4 Å². The van der Waals surface area contributed by atoms with Crippen molar-refractivity contribution in [3.05, 3.63) is 59.4 Å². The van der Waals surface area contributed by atoms with E-state index in [0.29, 0.717) is 11.8 Å². The highest BCUT2D eigenvalue weighted by atomic mass is 19.2. The lowest BCUT2D eigenvalue weighted by atomic mass is 10.1. The Balaban J connectivity index is 1.88. The lowest BCUT2D eigenvalue weighted by molar-refractivity contribution is -0.125. The number of methoxy groups -OCH3 is 1. The first-order chi connectivity index (χ1) is 13.7. The minimum atomic E-state index is -1.69. The van der Waals surface area contributed by atoms with Gasteiger partial charge in [0, 0.05) is 11.6 Å². The van der Waals surface area contributed by atoms with Crippen molar-refractivity contribution in [3.63, 3.8) is 0 Å². The standard InChI is InChI=1S/C20H22F3N3O3/c1-11(13-6-4-5-7-16(13)29-3)25-12(2)20(28)24-10-17(27)26-15-9-8-14(21)18(22)19(15)23/h4-9,11-12,25H,10H2,1-3H3,(H,24,28)(H,26,27)/t11-,12+/m1/s1. The second-order valence-electron chi connectivity index (χ2n) is 6.34. The molecule has 2 rings (SSSR count). The van der Waals surface area contributed by atoms with E-state index in [9.17, 15) is 22.8 Å². The summed E-state index contributed by atoms with van der Waals surface area (Å²) in [6.07, 6.45) is 0. The molecule has 2 atom stereocenters. The first-order valence-electron chi connectivity index (χ1n) is 8.84. The summed E-state index contributed by atoms with van der Waals surface area (Å²) in [5.41, 5.74) is 0.348. The molecule has 0 aliphatic carbocycles. The van der Waals surface area contributed by atoms with Crippen molar-refractivity contribution < 1.29 is 27.5 Å². The maximum atomic E-state index is 13.6. The summed E-state index contributed by atoms with van der Waals surface area (Å²) in [4.78, 5) is 24.1. The molecule has 2 amide bonds. The molecule has 0 saturated heterocycles. The SMILES string of the molecule is COc1ccccc1[C@@H](C)N[C@@H](C)C(=O)NCC(=O)Nc1ccc(F)c(F)c1F. The summed E-state index contributed by atoms with van der Waals surface area (Å²) in [5.74, 6) is -5.13. The van der Waals surface area contributed by atoms with Crippen LogP contribution in [0.15, 0.2) is 36.4 Å². The first kappa shape index (κ1) is 22.2. The van der Waals surface area contributed by atoms with Gasteiger partial charge >= 0.3 is 0 Å². The van der Waals surface area contributed by atoms with E-state index >= 15 is 0 Å². The molecule has 0 fully saturated rings. The van der Waals surface area contributed by atoms with Gasteiger partial charge in [-0.05, 0) is 32.0 Å². The van der Waals surface area contributed by atoms with Crippen molar-refractivity contribution in [2.75, 3.05) is 19.0 Å². The van der Waals surface area contributed by atoms with E-state index in [1.54, 1.807) is 20.1 Å². The molecule has 156 valence electrons. The molecule has 0 aliphatic heterocycles. The molecule has 0 bridgehead atoms. The number of nitrogens with one attached hydrogen (secondary N) is 3. The predicted octanol–water partition coefficient (Wildman–Crippen LogP) is 2.91. The topological polar surface area (TPSA) is 79.5 Å². The fourth-order valence-electron chi connectivity index (χ4n) is 2.70. The van der Waals surface area contributed by atoms with E-state index in [0.717, 1.165) is 11.6 Å². The van der Waals surface area contributed by atoms with Crippen LogP contribution in [0.1, 0.15) is 25.5 Å². The zero-order valence-electron chi connectivity index (χ0n) is 16.2. The van der Waals surface area contributed by atoms with Gasteiger partial charge in [-0.15, -0.1) is 0 Å². The highest BCUT2D eigenvalue weighted by molar-refractivity contribution is 5.95. The summed E-state index contributed by atoms with van der Waals surface area (Å²) >= 11 is 0. The van der Waals surface area contributed by atoms with E-state index in [2.05, 4.69) is 16.0 Å². The summed E-state index contributed by atoms with van der Waals surface area (Å²) in [6.45, 7) is 3.01. The van der Waals surface area contributed by atoms with Gasteiger partial charge in [0.2, 0.25) is 11.8 Å². The van der Waals surface area contributed by atoms with Crippen LogP contribution in [0.5, 0.6) is 5.75 Å². The van der Waals surface area contributed by atoms with Crippen molar-refractivity contribution in [2.24, 2.45) is 0 Å². The molecule has 0 unspecified atom stereocenters. The Morgan fingerprint density at radius 2 is 1.72 bits per heavy atom. The largest absolute Gasteiger partial charge is 0.496 e. The van der Waals surface area contributed by atoms with Crippen molar-refractivity contribution in [1.82, 2.24) is 10.6 Å². The van der Waals surface area contributed by atoms with E-state index in [-0.39, 0.29) is 6.04 Å². The molecular formula is C20H22F3N3O3. The van der Waals surface area contributed by atoms with E-state index in [1.807, 2.05) is 25.1 Å². The quantitative estimate of drug-likeness (QED) is 0.586. The van der Waals surface area contributed by atoms with Gasteiger partial charge in [0.1, 0.15) is 5.75 Å². The number of benzene rings is 2. The minimum absolute atomic E-state index is 0.211. The second-order valence-corrected chi connectivity index (χ2v) is 6.34. The number of amides is 2. The van der Waals surface area contributed by atoms with E-state index in [1.165, 1.54) is 0 Å². The van der Waals surface area contributed by atoms with Crippen LogP contribution < -0.4 is 20.7 Å². The minimum Gasteiger partial charge on any atom is -0.496 e. The number of halogens is 3. The third-order valence-corrected chi connectivity index (χ3v) is 4.23. The molecule has 0 aliphatic rings. The second kappa shape index (κ2) is 9.92. The van der Waals surface area contributed by atoms with Crippen molar-refractivity contribution in [1.29, 1.82) is 0 Å². The number of hydrogen-bond acceptors (Lipinski definition) is 4. The van der Waals surface area contributed by atoms with Crippen LogP contribution in [-0.2, 0) is 9.59 Å². The molecule has 9 heteroatoms. The van der Waals surface area contributed by atoms with Gasteiger partial charge in [0.15, 0.2) is 17.5 Å². The summed E-state index contributed by atoms with van der Waals surface area (Å²) < 4.78 is 45.0. The fourth-order valence-corrected chi connectivity index (χ4v) is 2.70. The Morgan fingerprint density at radius 3 is 2.41 bits per heavy atom. The molecular weight excluding hydrogens is 387 g/mol. The van der Waals surface area contributed by atoms with Gasteiger partial charge in [-0.25, -0.2) is 13.2 Å². The van der Waals surface area contributed by atoms with Crippen LogP contribution >= 0.6 is 0 Å². The maximum Gasteiger partial charge on any atom is 0.243 e. The van der Waals surface area contributed by atoms with E-state index in [4.69, 9.17) is 4.74 Å². The van der Waals surface area contributed by atoms with Crippen LogP contribution in [0.3, 0.4) is 0 Å². The highest BCUT2D eigenvalue weighted by Crippen LogP contribution is 2.24. The Bertz CT molecular complexity index is 893. The Kier molecular flexibility index (Phi) is 7.60. The maximum absolute atomic E-state index is 13.6. The average Bonchev–Trinajstić information content (AvgIpc) is 2.72. The van der Waals surface area contributed by atoms with Crippen LogP contribution in [0, 0.1) is 17.5 Å². The summed E-state index contributed by atoms with van der Waals surface area (Å²) in [6, 6.07) is 8.08. The Labute approximate surface area is 166 Å². The Morgan fingerprint density at radius 1 is 1.03 bits per heavy atom. The Hall–Kier alpha value is -3.07. The zero-order chi connectivity index (χ0) is 21.6. The monoisotopic (exact) mass is 409 g/mol. The fraction of sp³-hybridized carbons (Fsp3) is 0.300. The van der Waals surface area contributed by atoms with Crippen molar-refractivity contribution in [3.8, 4) is 5.75 Å². The molecule has 29 heavy (non-hydrogen) atoms. The molecule has 2 aromatic carbocycles. The number of anilines is 1. The van der Waals surface area contributed by atoms with Crippen molar-refractivity contribution in [2.45, 2.75) is 25.9 Å². The number of carbonyl (C=O) groups is 2. The number of para-hydroxylation sites is 1. The molecule has 0 saturated carbocycles. The number of ether oxygens (including phenoxy) is 1. The third-order valence-electron chi connectivity index (χ3n) is 4.23. The molecule has 0 heterocycles. The summed E-state index contributed by atoms with van der Waals surface area (Å²) in [7, 11) is 1.55. The molecule has 0 spiro atoms.